The zero-order valence-electron chi connectivity index (χ0n) is 35.4. The maximum atomic E-state index is 13.5. The van der Waals surface area contributed by atoms with Gasteiger partial charge in [0.1, 0.15) is 12.0 Å². The van der Waals surface area contributed by atoms with Crippen molar-refractivity contribution >= 4 is 17.4 Å². The quantitative estimate of drug-likeness (QED) is 0.248. The van der Waals surface area contributed by atoms with E-state index < -0.39 is 6.17 Å². The van der Waals surface area contributed by atoms with E-state index in [4.69, 9.17) is 16.3 Å². The van der Waals surface area contributed by atoms with Crippen molar-refractivity contribution in [3.05, 3.63) is 0 Å². The van der Waals surface area contributed by atoms with E-state index in [9.17, 15) is 9.18 Å². The third-order valence-electron chi connectivity index (χ3n) is 18.2. The molecule has 5 nitrogen and oxygen atoms in total. The lowest BCUT2D eigenvalue weighted by molar-refractivity contribution is -0.118. The van der Waals surface area contributed by atoms with Crippen molar-refractivity contribution in [2.75, 3.05) is 26.2 Å². The lowest BCUT2D eigenvalue weighted by Crippen LogP contribution is -2.51. The largest absolute Gasteiger partial charge is 0.378 e. The van der Waals surface area contributed by atoms with Crippen molar-refractivity contribution in [1.29, 1.82) is 0 Å². The molecule has 6 aliphatic carbocycles. The number of Topliss-reactive ketones (excluding diaryl/α,β-unsaturated/α-hetero) is 1. The number of hydrogen-bond acceptors (Lipinski definition) is 5. The van der Waals surface area contributed by atoms with E-state index in [1.807, 2.05) is 0 Å². The molecule has 0 aromatic heterocycles. The van der Waals surface area contributed by atoms with Crippen LogP contribution in [0.1, 0.15) is 189 Å². The number of rotatable bonds is 4. The highest BCUT2D eigenvalue weighted by Crippen LogP contribution is 2.58. The number of carbonyl (C=O) groups excluding carboxylic acids is 1. The first-order valence-electron chi connectivity index (χ1n) is 23.5. The minimum absolute atomic E-state index is 0.195. The number of halogens is 2. The van der Waals surface area contributed by atoms with Gasteiger partial charge in [-0.2, -0.15) is 0 Å². The van der Waals surface area contributed by atoms with Gasteiger partial charge in [-0.15, -0.1) is 11.6 Å². The summed E-state index contributed by atoms with van der Waals surface area (Å²) >= 11 is 6.56. The van der Waals surface area contributed by atoms with Crippen molar-refractivity contribution < 1.29 is 13.9 Å². The summed E-state index contributed by atoms with van der Waals surface area (Å²) < 4.78 is 19.6. The van der Waals surface area contributed by atoms with Crippen molar-refractivity contribution in [3.63, 3.8) is 0 Å². The number of alkyl halides is 2. The summed E-state index contributed by atoms with van der Waals surface area (Å²) in [6.45, 7) is 15.9. The fourth-order valence-electron chi connectivity index (χ4n) is 15.1. The first kappa shape index (κ1) is 41.9. The molecule has 9 aliphatic rings. The zero-order valence-corrected chi connectivity index (χ0v) is 36.2. The summed E-state index contributed by atoms with van der Waals surface area (Å²) in [5.41, 5.74) is 2.07. The molecule has 0 amide bonds. The van der Waals surface area contributed by atoms with Crippen LogP contribution in [0.3, 0.4) is 0 Å². The van der Waals surface area contributed by atoms with Gasteiger partial charge in [0.05, 0.1) is 6.10 Å². The SMILES string of the molecule is CC1CCCC2(C1)NCC1(CCC(=O)C1)C2C.CCCC1CCC2(CNC3(CCC(F)C3)C2)C1.CCOC1CCC(Cl)CC12CNC1(CCCCC1)C2C. The van der Waals surface area contributed by atoms with Crippen molar-refractivity contribution in [2.45, 2.75) is 223 Å². The number of nitrogens with one attached hydrogen (secondary N) is 3. The van der Waals surface area contributed by atoms with Gasteiger partial charge >= 0.3 is 0 Å². The summed E-state index contributed by atoms with van der Waals surface area (Å²) in [5.74, 6) is 3.68. The lowest BCUT2D eigenvalue weighted by atomic mass is 9.59. The summed E-state index contributed by atoms with van der Waals surface area (Å²) in [6.07, 6.45) is 29.2. The molecular formula is C47H81ClFN3O2. The van der Waals surface area contributed by atoms with Gasteiger partial charge in [-0.25, -0.2) is 4.39 Å². The number of ether oxygens (including phenoxy) is 1. The molecule has 0 bridgehead atoms. The second-order valence-electron chi connectivity index (χ2n) is 21.4. The standard InChI is InChI=1S/C17H30ClNO.C15H26FN.C15H25NO/c1-3-20-15-8-7-14(18)11-16(15)12-19-17(13(16)2)9-5-4-6-10-17;1-2-3-12-4-6-14(8-12)10-15(17-11-14)7-5-13(16)9-15;1-11-4-3-6-15(8-11)12(2)14(10-16-15)7-5-13(17)9-14/h13-15,19H,3-12H2,1-2H3;12-13,17H,2-11H2,1H3;11-12,16H,3-10H2,1-2H3. The molecule has 6 spiro atoms. The first-order valence-corrected chi connectivity index (χ1v) is 23.9. The van der Waals surface area contributed by atoms with Gasteiger partial charge in [-0.05, 0) is 138 Å². The average molecular weight is 775 g/mol. The average Bonchev–Trinajstić information content (AvgIpc) is 4.00. The van der Waals surface area contributed by atoms with Gasteiger partial charge in [-0.1, -0.05) is 72.6 Å². The Hall–Kier alpha value is -0.270. The van der Waals surface area contributed by atoms with Crippen LogP contribution in [0.2, 0.25) is 0 Å². The minimum Gasteiger partial charge on any atom is -0.378 e. The topological polar surface area (TPSA) is 62.4 Å². The molecule has 12 unspecified atom stereocenters. The Balaban J connectivity index is 0.000000126. The number of carbonyl (C=O) groups is 1. The molecule has 3 heterocycles. The Kier molecular flexibility index (Phi) is 13.0. The van der Waals surface area contributed by atoms with Crippen molar-refractivity contribution in [1.82, 2.24) is 16.0 Å². The Morgan fingerprint density at radius 1 is 0.759 bits per heavy atom. The van der Waals surface area contributed by atoms with Gasteiger partial charge in [0, 0.05) is 66.5 Å². The Bertz CT molecular complexity index is 1280. The van der Waals surface area contributed by atoms with Crippen LogP contribution in [0.4, 0.5) is 4.39 Å². The maximum Gasteiger partial charge on any atom is 0.133 e. The van der Waals surface area contributed by atoms with Crippen molar-refractivity contribution in [3.8, 4) is 0 Å². The molecule has 0 radical (unpaired) electrons. The van der Waals surface area contributed by atoms with Crippen LogP contribution in [-0.2, 0) is 9.53 Å². The van der Waals surface area contributed by atoms with Crippen LogP contribution in [0.5, 0.6) is 0 Å². The van der Waals surface area contributed by atoms with Crippen molar-refractivity contribution in [2.24, 2.45) is 39.9 Å². The molecule has 3 N–H and O–H groups in total. The predicted molar refractivity (Wildman–Crippen MR) is 222 cm³/mol. The van der Waals surface area contributed by atoms with Gasteiger partial charge < -0.3 is 20.7 Å². The summed E-state index contributed by atoms with van der Waals surface area (Å²) in [7, 11) is 0. The molecule has 9 fully saturated rings. The Labute approximate surface area is 335 Å². The van der Waals surface area contributed by atoms with Gasteiger partial charge in [0.2, 0.25) is 0 Å². The molecule has 310 valence electrons. The van der Waals surface area contributed by atoms with Crippen LogP contribution in [0, 0.1) is 39.9 Å². The predicted octanol–water partition coefficient (Wildman–Crippen LogP) is 10.9. The van der Waals surface area contributed by atoms with E-state index in [1.165, 1.54) is 103 Å². The molecule has 6 saturated carbocycles. The van der Waals surface area contributed by atoms with E-state index in [2.05, 4.69) is 50.6 Å². The highest BCUT2D eigenvalue weighted by atomic mass is 35.5. The molecule has 0 aromatic rings. The molecule has 9 rings (SSSR count). The second-order valence-corrected chi connectivity index (χ2v) is 22.0. The molecule has 3 saturated heterocycles. The lowest BCUT2D eigenvalue weighted by Gasteiger charge is -2.49. The van der Waals surface area contributed by atoms with Crippen LogP contribution in [0.15, 0.2) is 0 Å². The third kappa shape index (κ3) is 8.16. The summed E-state index contributed by atoms with van der Waals surface area (Å²) in [5, 5.41) is 11.9. The molecule has 3 aliphatic heterocycles. The number of hydrogen-bond donors (Lipinski definition) is 3. The Morgan fingerprint density at radius 3 is 2.22 bits per heavy atom. The number of ketones is 1. The van der Waals surface area contributed by atoms with Gasteiger partial charge in [0.25, 0.3) is 0 Å². The molecule has 7 heteroatoms. The van der Waals surface area contributed by atoms with Gasteiger partial charge in [-0.3, -0.25) is 4.79 Å². The monoisotopic (exact) mass is 774 g/mol. The van der Waals surface area contributed by atoms with E-state index >= 15 is 0 Å². The van der Waals surface area contributed by atoms with E-state index in [0.717, 1.165) is 89.3 Å². The second kappa shape index (κ2) is 16.8. The highest BCUT2D eigenvalue weighted by Gasteiger charge is 2.60. The van der Waals surface area contributed by atoms with Crippen LogP contribution in [0.25, 0.3) is 0 Å². The fraction of sp³-hybridized carbons (Fsp3) is 0.979. The molecular weight excluding hydrogens is 693 g/mol. The minimum atomic E-state index is -0.537. The third-order valence-corrected chi connectivity index (χ3v) is 18.6. The highest BCUT2D eigenvalue weighted by molar-refractivity contribution is 6.20. The molecule has 0 aromatic carbocycles. The summed E-state index contributed by atoms with van der Waals surface area (Å²) in [6, 6.07) is 0. The van der Waals surface area contributed by atoms with Crippen LogP contribution >= 0.6 is 11.6 Å². The van der Waals surface area contributed by atoms with E-state index in [-0.39, 0.29) is 11.0 Å². The van der Waals surface area contributed by atoms with E-state index in [0.29, 0.717) is 51.0 Å². The Morgan fingerprint density at radius 2 is 1.54 bits per heavy atom. The summed E-state index contributed by atoms with van der Waals surface area (Å²) in [4.78, 5) is 11.7. The molecule has 54 heavy (non-hydrogen) atoms. The smallest absolute Gasteiger partial charge is 0.133 e. The normalized spacial score (nSPS) is 48.0. The fourth-order valence-corrected chi connectivity index (χ4v) is 15.5. The van der Waals surface area contributed by atoms with E-state index in [1.54, 1.807) is 0 Å². The van der Waals surface area contributed by atoms with Crippen LogP contribution in [-0.4, -0.2) is 66.3 Å². The first-order chi connectivity index (χ1) is 25.8. The zero-order chi connectivity index (χ0) is 38.2. The van der Waals surface area contributed by atoms with Gasteiger partial charge in [0.15, 0.2) is 0 Å². The molecule has 12 atom stereocenters. The maximum absolute atomic E-state index is 13.5. The van der Waals surface area contributed by atoms with Crippen LogP contribution < -0.4 is 16.0 Å².